The molecule has 0 spiro atoms. The van der Waals surface area contributed by atoms with Crippen LogP contribution in [0.25, 0.3) is 21.9 Å². The van der Waals surface area contributed by atoms with E-state index in [1.54, 1.807) is 0 Å². The van der Waals surface area contributed by atoms with E-state index in [-0.39, 0.29) is 5.78 Å². The Morgan fingerprint density at radius 3 is 2.37 bits per heavy atom. The molecule has 0 amide bonds. The number of benzene rings is 3. The quantitative estimate of drug-likeness (QED) is 0.455. The zero-order valence-corrected chi connectivity index (χ0v) is 11.6. The average molecular weight is 309 g/mol. The van der Waals surface area contributed by atoms with E-state index in [4.69, 9.17) is 0 Å². The van der Waals surface area contributed by atoms with Crippen LogP contribution in [0.1, 0.15) is 15.9 Å². The molecule has 0 bridgehead atoms. The molecule has 90 valence electrons. The van der Waals surface area contributed by atoms with Crippen LogP contribution < -0.4 is 0 Å². The molecule has 1 nitrogen and oxygen atoms in total. The third-order valence-corrected chi connectivity index (χ3v) is 4.17. The molecule has 0 atom stereocenters. The van der Waals surface area contributed by atoms with Gasteiger partial charge in [-0.05, 0) is 34.0 Å². The molecule has 0 aliphatic heterocycles. The number of hydrogen-bond donors (Lipinski definition) is 0. The van der Waals surface area contributed by atoms with Gasteiger partial charge in [0.05, 0.1) is 0 Å². The molecular formula is C17H9BrO. The number of rotatable bonds is 0. The Morgan fingerprint density at radius 1 is 0.789 bits per heavy atom. The highest BCUT2D eigenvalue weighted by atomic mass is 79.9. The van der Waals surface area contributed by atoms with Crippen molar-refractivity contribution in [2.24, 2.45) is 0 Å². The third-order valence-electron chi connectivity index (χ3n) is 3.67. The van der Waals surface area contributed by atoms with Crippen LogP contribution in [-0.4, -0.2) is 5.78 Å². The standard InChI is InChI=1S/C17H9BrO/c18-11-7-5-10-6-8-13-12-3-1-2-4-14(12)17(19)16(13)15(10)9-11/h1-9H. The Kier molecular flexibility index (Phi) is 2.18. The van der Waals surface area contributed by atoms with Crippen molar-refractivity contribution < 1.29 is 4.79 Å². The Bertz CT molecular complexity index is 849. The molecule has 4 rings (SSSR count). The van der Waals surface area contributed by atoms with Crippen molar-refractivity contribution in [2.75, 3.05) is 0 Å². The number of carbonyl (C=O) groups is 1. The number of hydrogen-bond acceptors (Lipinski definition) is 1. The summed E-state index contributed by atoms with van der Waals surface area (Å²) in [6.45, 7) is 0. The van der Waals surface area contributed by atoms with Gasteiger partial charge in [0.15, 0.2) is 5.78 Å². The fourth-order valence-corrected chi connectivity index (χ4v) is 3.17. The molecule has 0 aromatic heterocycles. The average Bonchev–Trinajstić information content (AvgIpc) is 2.73. The molecule has 3 aromatic rings. The van der Waals surface area contributed by atoms with Crippen molar-refractivity contribution in [1.29, 1.82) is 0 Å². The first-order chi connectivity index (χ1) is 9.25. The van der Waals surface area contributed by atoms with Crippen molar-refractivity contribution in [3.05, 3.63) is 70.2 Å². The van der Waals surface area contributed by atoms with Gasteiger partial charge >= 0.3 is 0 Å². The summed E-state index contributed by atoms with van der Waals surface area (Å²) >= 11 is 3.48. The number of fused-ring (bicyclic) bond motifs is 5. The molecule has 0 saturated heterocycles. The van der Waals surface area contributed by atoms with E-state index in [0.29, 0.717) is 0 Å². The SMILES string of the molecule is O=C1c2ccccc2-c2ccc3ccc(Br)cc3c21. The predicted molar refractivity (Wildman–Crippen MR) is 80.5 cm³/mol. The number of carbonyl (C=O) groups excluding carboxylic acids is 1. The summed E-state index contributed by atoms with van der Waals surface area (Å²) in [4.78, 5) is 12.6. The summed E-state index contributed by atoms with van der Waals surface area (Å²) in [6, 6.07) is 18.0. The highest BCUT2D eigenvalue weighted by molar-refractivity contribution is 9.10. The lowest BCUT2D eigenvalue weighted by atomic mass is 9.99. The second kappa shape index (κ2) is 3.78. The summed E-state index contributed by atoms with van der Waals surface area (Å²) in [5.41, 5.74) is 3.74. The molecule has 1 aliphatic rings. The van der Waals surface area contributed by atoms with Gasteiger partial charge in [0, 0.05) is 15.6 Å². The summed E-state index contributed by atoms with van der Waals surface area (Å²) < 4.78 is 0.997. The van der Waals surface area contributed by atoms with E-state index in [1.807, 2.05) is 42.5 Å². The molecule has 0 radical (unpaired) electrons. The van der Waals surface area contributed by atoms with Crippen molar-refractivity contribution in [3.8, 4) is 11.1 Å². The van der Waals surface area contributed by atoms with Gasteiger partial charge in [0.2, 0.25) is 0 Å². The second-order valence-electron chi connectivity index (χ2n) is 4.73. The monoisotopic (exact) mass is 308 g/mol. The second-order valence-corrected chi connectivity index (χ2v) is 5.64. The van der Waals surface area contributed by atoms with Crippen molar-refractivity contribution in [1.82, 2.24) is 0 Å². The van der Waals surface area contributed by atoms with Gasteiger partial charge in [-0.25, -0.2) is 0 Å². The zero-order valence-electron chi connectivity index (χ0n) is 9.98. The molecule has 0 N–H and O–H groups in total. The lowest BCUT2D eigenvalue weighted by molar-refractivity contribution is 0.104. The Morgan fingerprint density at radius 2 is 1.53 bits per heavy atom. The van der Waals surface area contributed by atoms with Crippen molar-refractivity contribution in [2.45, 2.75) is 0 Å². The van der Waals surface area contributed by atoms with Gasteiger partial charge in [-0.3, -0.25) is 4.79 Å². The van der Waals surface area contributed by atoms with Gasteiger partial charge in [0.1, 0.15) is 0 Å². The van der Waals surface area contributed by atoms with Crippen LogP contribution in [0.3, 0.4) is 0 Å². The van der Waals surface area contributed by atoms with E-state index in [0.717, 1.165) is 37.5 Å². The summed E-state index contributed by atoms with van der Waals surface area (Å²) in [7, 11) is 0. The van der Waals surface area contributed by atoms with Crippen LogP contribution in [0, 0.1) is 0 Å². The predicted octanol–water partition coefficient (Wildman–Crippen LogP) is 4.81. The molecule has 3 aromatic carbocycles. The van der Waals surface area contributed by atoms with Crippen LogP contribution in [0.5, 0.6) is 0 Å². The minimum atomic E-state index is 0.134. The molecular weight excluding hydrogens is 300 g/mol. The van der Waals surface area contributed by atoms with Gasteiger partial charge in [-0.15, -0.1) is 0 Å². The van der Waals surface area contributed by atoms with Crippen LogP contribution in [0.4, 0.5) is 0 Å². The minimum absolute atomic E-state index is 0.134. The first-order valence-corrected chi connectivity index (χ1v) is 6.91. The maximum atomic E-state index is 12.6. The Balaban J connectivity index is 2.17. The first-order valence-electron chi connectivity index (χ1n) is 6.12. The van der Waals surface area contributed by atoms with Gasteiger partial charge in [-0.2, -0.15) is 0 Å². The fraction of sp³-hybridized carbons (Fsp3) is 0. The molecule has 0 fully saturated rings. The molecule has 0 saturated carbocycles. The topological polar surface area (TPSA) is 17.1 Å². The van der Waals surface area contributed by atoms with Gasteiger partial charge in [0.25, 0.3) is 0 Å². The van der Waals surface area contributed by atoms with Crippen LogP contribution in [0.2, 0.25) is 0 Å². The highest BCUT2D eigenvalue weighted by Gasteiger charge is 2.27. The van der Waals surface area contributed by atoms with Gasteiger partial charge in [-0.1, -0.05) is 58.4 Å². The van der Waals surface area contributed by atoms with E-state index in [2.05, 4.69) is 28.1 Å². The zero-order chi connectivity index (χ0) is 13.0. The van der Waals surface area contributed by atoms with E-state index < -0.39 is 0 Å². The third kappa shape index (κ3) is 1.44. The van der Waals surface area contributed by atoms with E-state index >= 15 is 0 Å². The molecule has 19 heavy (non-hydrogen) atoms. The van der Waals surface area contributed by atoms with E-state index in [9.17, 15) is 4.79 Å². The smallest absolute Gasteiger partial charge is 0.194 e. The normalized spacial score (nSPS) is 12.6. The lowest BCUT2D eigenvalue weighted by Crippen LogP contribution is -1.96. The molecule has 0 unspecified atom stereocenters. The summed E-state index contributed by atoms with van der Waals surface area (Å²) in [5.74, 6) is 0.134. The maximum Gasteiger partial charge on any atom is 0.194 e. The highest BCUT2D eigenvalue weighted by Crippen LogP contribution is 2.40. The lowest BCUT2D eigenvalue weighted by Gasteiger charge is -2.05. The Labute approximate surface area is 119 Å². The molecule has 2 heteroatoms. The Hall–Kier alpha value is -1.93. The van der Waals surface area contributed by atoms with Crippen molar-refractivity contribution >= 4 is 32.5 Å². The fourth-order valence-electron chi connectivity index (χ4n) is 2.81. The summed E-state index contributed by atoms with van der Waals surface area (Å²) in [5, 5.41) is 2.12. The van der Waals surface area contributed by atoms with E-state index in [1.165, 1.54) is 0 Å². The van der Waals surface area contributed by atoms with Crippen LogP contribution >= 0.6 is 15.9 Å². The molecule has 1 aliphatic carbocycles. The van der Waals surface area contributed by atoms with Crippen molar-refractivity contribution in [3.63, 3.8) is 0 Å². The number of ketones is 1. The molecule has 0 heterocycles. The summed E-state index contributed by atoms with van der Waals surface area (Å²) in [6.07, 6.45) is 0. The largest absolute Gasteiger partial charge is 0.289 e. The minimum Gasteiger partial charge on any atom is -0.289 e. The first kappa shape index (κ1) is 10.9. The maximum absolute atomic E-state index is 12.6. The van der Waals surface area contributed by atoms with Crippen LogP contribution in [-0.2, 0) is 0 Å². The van der Waals surface area contributed by atoms with Crippen LogP contribution in [0.15, 0.2) is 59.1 Å². The van der Waals surface area contributed by atoms with Gasteiger partial charge < -0.3 is 0 Å². The number of halogens is 1.